The molecule has 0 fully saturated rings. The van der Waals surface area contributed by atoms with E-state index in [4.69, 9.17) is 5.11 Å². The lowest BCUT2D eigenvalue weighted by Crippen LogP contribution is -2.31. The van der Waals surface area contributed by atoms with E-state index >= 15 is 0 Å². The van der Waals surface area contributed by atoms with Crippen LogP contribution in [0.2, 0.25) is 0 Å². The van der Waals surface area contributed by atoms with Gasteiger partial charge in [0.25, 0.3) is 5.56 Å². The van der Waals surface area contributed by atoms with Crippen molar-refractivity contribution in [2.24, 2.45) is 0 Å². The molecule has 0 saturated carbocycles. The highest BCUT2D eigenvalue weighted by Gasteiger charge is 2.10. The fourth-order valence-electron chi connectivity index (χ4n) is 1.24. The van der Waals surface area contributed by atoms with Crippen LogP contribution < -0.4 is 10.9 Å². The monoisotopic (exact) mass is 213 g/mol. The second-order valence-corrected chi connectivity index (χ2v) is 3.25. The fraction of sp³-hybridized carbons (Fsp3) is 0.556. The second kappa shape index (κ2) is 4.90. The van der Waals surface area contributed by atoms with E-state index in [-0.39, 0.29) is 24.5 Å². The second-order valence-electron chi connectivity index (χ2n) is 3.25. The van der Waals surface area contributed by atoms with E-state index in [9.17, 15) is 9.90 Å². The third-order valence-corrected chi connectivity index (χ3v) is 2.09. The first-order chi connectivity index (χ1) is 7.10. The van der Waals surface area contributed by atoms with Crippen LogP contribution in [0.3, 0.4) is 0 Å². The normalized spacial score (nSPS) is 12.5. The molecule has 15 heavy (non-hydrogen) atoms. The summed E-state index contributed by atoms with van der Waals surface area (Å²) >= 11 is 0. The summed E-state index contributed by atoms with van der Waals surface area (Å²) in [6.45, 7) is 1.42. The van der Waals surface area contributed by atoms with Crippen molar-refractivity contribution in [1.29, 1.82) is 0 Å². The van der Waals surface area contributed by atoms with Gasteiger partial charge in [-0.1, -0.05) is 0 Å². The fourth-order valence-corrected chi connectivity index (χ4v) is 1.24. The highest BCUT2D eigenvalue weighted by molar-refractivity contribution is 5.30. The molecule has 1 heterocycles. The summed E-state index contributed by atoms with van der Waals surface area (Å²) in [6, 6.07) is 0. The third kappa shape index (κ3) is 2.54. The van der Waals surface area contributed by atoms with Gasteiger partial charge in [-0.15, -0.1) is 0 Å². The molecule has 0 amide bonds. The van der Waals surface area contributed by atoms with Crippen molar-refractivity contribution in [2.75, 3.05) is 19.0 Å². The lowest BCUT2D eigenvalue weighted by atomic mass is 10.3. The Morgan fingerprint density at radius 1 is 1.67 bits per heavy atom. The largest absolute Gasteiger partial charge is 0.394 e. The predicted octanol–water partition coefficient (Wildman–Crippen LogP) is -1.05. The first-order valence-electron chi connectivity index (χ1n) is 4.63. The highest BCUT2D eigenvalue weighted by Crippen LogP contribution is 1.99. The summed E-state index contributed by atoms with van der Waals surface area (Å²) in [4.78, 5) is 15.6. The number of aromatic nitrogens is 2. The summed E-state index contributed by atoms with van der Waals surface area (Å²) < 4.78 is 1.37. The molecule has 3 N–H and O–H groups in total. The number of anilines is 1. The van der Waals surface area contributed by atoms with Crippen molar-refractivity contribution in [1.82, 2.24) is 9.55 Å². The van der Waals surface area contributed by atoms with Crippen LogP contribution in [0.4, 0.5) is 5.82 Å². The summed E-state index contributed by atoms with van der Waals surface area (Å²) in [5, 5.41) is 20.6. The maximum atomic E-state index is 11.7. The molecule has 1 unspecified atom stereocenters. The number of nitrogens with one attached hydrogen (secondary N) is 1. The number of hydrogen-bond acceptors (Lipinski definition) is 5. The zero-order valence-corrected chi connectivity index (χ0v) is 8.77. The highest BCUT2D eigenvalue weighted by atomic mass is 16.3. The van der Waals surface area contributed by atoms with E-state index in [0.29, 0.717) is 5.69 Å². The standard InChI is InChI=1S/C9H15N3O3/c1-6-3-11-8(10-2)9(15)12(6)4-7(14)5-13/h3,7,13-14H,4-5H2,1-2H3,(H,10,11). The van der Waals surface area contributed by atoms with Gasteiger partial charge in [-0.3, -0.25) is 4.79 Å². The maximum absolute atomic E-state index is 11.7. The zero-order chi connectivity index (χ0) is 11.4. The van der Waals surface area contributed by atoms with Gasteiger partial charge in [0, 0.05) is 18.9 Å². The molecular formula is C9H15N3O3. The molecular weight excluding hydrogens is 198 g/mol. The summed E-state index contributed by atoms with van der Waals surface area (Å²) in [6.07, 6.45) is 0.602. The zero-order valence-electron chi connectivity index (χ0n) is 8.77. The molecule has 0 aliphatic heterocycles. The molecule has 6 nitrogen and oxygen atoms in total. The van der Waals surface area contributed by atoms with Crippen molar-refractivity contribution in [3.63, 3.8) is 0 Å². The van der Waals surface area contributed by atoms with E-state index in [1.54, 1.807) is 14.0 Å². The molecule has 1 aromatic rings. The first kappa shape index (κ1) is 11.7. The van der Waals surface area contributed by atoms with Gasteiger partial charge in [-0.25, -0.2) is 4.98 Å². The van der Waals surface area contributed by atoms with Gasteiger partial charge in [0.1, 0.15) is 0 Å². The van der Waals surface area contributed by atoms with E-state index in [1.807, 2.05) is 0 Å². The van der Waals surface area contributed by atoms with Gasteiger partial charge in [-0.05, 0) is 6.92 Å². The van der Waals surface area contributed by atoms with Gasteiger partial charge >= 0.3 is 0 Å². The third-order valence-electron chi connectivity index (χ3n) is 2.09. The van der Waals surface area contributed by atoms with E-state index in [2.05, 4.69) is 10.3 Å². The van der Waals surface area contributed by atoms with Crippen LogP contribution in [0.25, 0.3) is 0 Å². The Hall–Kier alpha value is -1.40. The Morgan fingerprint density at radius 2 is 2.33 bits per heavy atom. The Kier molecular flexibility index (Phi) is 3.81. The number of rotatable bonds is 4. The van der Waals surface area contributed by atoms with E-state index < -0.39 is 6.10 Å². The van der Waals surface area contributed by atoms with Crippen LogP contribution in [-0.4, -0.2) is 39.5 Å². The lowest BCUT2D eigenvalue weighted by molar-refractivity contribution is 0.0799. The van der Waals surface area contributed by atoms with Gasteiger partial charge in [0.05, 0.1) is 19.3 Å². The summed E-state index contributed by atoms with van der Waals surface area (Å²) in [7, 11) is 1.60. The minimum atomic E-state index is -0.937. The van der Waals surface area contributed by atoms with Gasteiger partial charge in [0.2, 0.25) is 0 Å². The molecule has 1 aromatic heterocycles. The van der Waals surface area contributed by atoms with Crippen LogP contribution in [0, 0.1) is 6.92 Å². The molecule has 0 radical (unpaired) electrons. The quantitative estimate of drug-likeness (QED) is 0.594. The summed E-state index contributed by atoms with van der Waals surface area (Å²) in [5.41, 5.74) is 0.344. The van der Waals surface area contributed by atoms with Crippen LogP contribution in [0.1, 0.15) is 5.69 Å². The van der Waals surface area contributed by atoms with Gasteiger partial charge in [0.15, 0.2) is 5.82 Å². The SMILES string of the molecule is CNc1ncc(C)n(CC(O)CO)c1=O. The van der Waals surface area contributed by atoms with Crippen LogP contribution in [0.15, 0.2) is 11.0 Å². The molecule has 0 aliphatic carbocycles. The first-order valence-corrected chi connectivity index (χ1v) is 4.63. The summed E-state index contributed by atoms with van der Waals surface area (Å²) in [5.74, 6) is 0.228. The minimum Gasteiger partial charge on any atom is -0.394 e. The molecule has 0 saturated heterocycles. The van der Waals surface area contributed by atoms with Gasteiger partial charge in [-0.2, -0.15) is 0 Å². The Morgan fingerprint density at radius 3 is 2.87 bits per heavy atom. The van der Waals surface area contributed by atoms with Crippen molar-refractivity contribution >= 4 is 5.82 Å². The number of hydrogen-bond donors (Lipinski definition) is 3. The smallest absolute Gasteiger partial charge is 0.293 e. The maximum Gasteiger partial charge on any atom is 0.293 e. The Labute approximate surface area is 87.2 Å². The molecule has 6 heteroatoms. The minimum absolute atomic E-state index is 0.0678. The number of aliphatic hydroxyl groups is 2. The van der Waals surface area contributed by atoms with Crippen molar-refractivity contribution < 1.29 is 10.2 Å². The van der Waals surface area contributed by atoms with Gasteiger partial charge < -0.3 is 20.1 Å². The van der Waals surface area contributed by atoms with Crippen LogP contribution in [-0.2, 0) is 6.54 Å². The average molecular weight is 213 g/mol. The van der Waals surface area contributed by atoms with Crippen molar-refractivity contribution in [3.05, 3.63) is 22.2 Å². The van der Waals surface area contributed by atoms with E-state index in [1.165, 1.54) is 10.8 Å². The average Bonchev–Trinajstić information content (AvgIpc) is 2.24. The van der Waals surface area contributed by atoms with Crippen molar-refractivity contribution in [2.45, 2.75) is 19.6 Å². The van der Waals surface area contributed by atoms with Crippen molar-refractivity contribution in [3.8, 4) is 0 Å². The molecule has 84 valence electrons. The number of aliphatic hydroxyl groups excluding tert-OH is 2. The Balaban J connectivity index is 3.10. The molecule has 0 aliphatic rings. The molecule has 0 bridgehead atoms. The molecule has 1 atom stereocenters. The number of nitrogens with zero attached hydrogens (tertiary/aromatic N) is 2. The Bertz CT molecular complexity index is 389. The van der Waals surface area contributed by atoms with E-state index in [0.717, 1.165) is 0 Å². The molecule has 1 rings (SSSR count). The topological polar surface area (TPSA) is 87.4 Å². The number of aryl methyl sites for hydroxylation is 1. The van der Waals surface area contributed by atoms with Crippen LogP contribution in [0.5, 0.6) is 0 Å². The van der Waals surface area contributed by atoms with Crippen LogP contribution >= 0.6 is 0 Å². The molecule has 0 spiro atoms. The lowest BCUT2D eigenvalue weighted by Gasteiger charge is -2.13. The molecule has 0 aromatic carbocycles. The predicted molar refractivity (Wildman–Crippen MR) is 55.9 cm³/mol.